The molecule has 2 saturated heterocycles. The fraction of sp³-hybridized carbons (Fsp3) is 0.462. The van der Waals surface area contributed by atoms with Gasteiger partial charge in [0.25, 0.3) is 0 Å². The van der Waals surface area contributed by atoms with Gasteiger partial charge in [0.2, 0.25) is 11.8 Å². The summed E-state index contributed by atoms with van der Waals surface area (Å²) < 4.78 is 61.7. The number of anilines is 1. The average Bonchev–Trinajstić information content (AvgIpc) is 2.85. The first kappa shape index (κ1) is 27.0. The minimum atomic E-state index is -5.52. The van der Waals surface area contributed by atoms with Gasteiger partial charge in [0.05, 0.1) is 6.42 Å². The normalized spacial score (nSPS) is 20.4. The van der Waals surface area contributed by atoms with Crippen molar-refractivity contribution in [2.24, 2.45) is 5.92 Å². The Labute approximate surface area is 214 Å². The Bertz CT molecular complexity index is 1200. The fourth-order valence-corrected chi connectivity index (χ4v) is 5.70. The van der Waals surface area contributed by atoms with E-state index >= 15 is 0 Å². The first-order chi connectivity index (χ1) is 17.5. The molecule has 2 heterocycles. The van der Waals surface area contributed by atoms with Gasteiger partial charge >= 0.3 is 15.5 Å². The molecular weight excluding hydrogens is 507 g/mol. The monoisotopic (exact) mass is 537 g/mol. The van der Waals surface area contributed by atoms with E-state index in [4.69, 9.17) is 0 Å². The Morgan fingerprint density at radius 2 is 1.59 bits per heavy atom. The minimum absolute atomic E-state index is 0.0388. The molecule has 3 aliphatic rings. The molecule has 2 bridgehead atoms. The van der Waals surface area contributed by atoms with Crippen molar-refractivity contribution < 1.29 is 31.2 Å². The second-order valence-corrected chi connectivity index (χ2v) is 11.5. The highest BCUT2D eigenvalue weighted by Gasteiger charge is 2.46. The predicted octanol–water partition coefficient (Wildman–Crippen LogP) is 4.01. The Hall–Kier alpha value is -3.08. The molecule has 37 heavy (non-hydrogen) atoms. The summed E-state index contributed by atoms with van der Waals surface area (Å²) in [7, 11) is -5.52. The molecule has 0 radical (unpaired) electrons. The number of carbonyl (C=O) groups is 2. The molecule has 0 spiro atoms. The first-order valence-electron chi connectivity index (χ1n) is 12.3. The summed E-state index contributed by atoms with van der Waals surface area (Å²) in [5.41, 5.74) is -4.21. The quantitative estimate of drug-likeness (QED) is 0.505. The maximum absolute atomic E-state index is 13.2. The number of sulfonamides is 1. The molecule has 0 unspecified atom stereocenters. The maximum atomic E-state index is 13.2. The highest BCUT2D eigenvalue weighted by molar-refractivity contribution is 7.93. The number of hydrogen-bond donors (Lipinski definition) is 2. The van der Waals surface area contributed by atoms with Crippen molar-refractivity contribution in [2.45, 2.75) is 62.5 Å². The van der Waals surface area contributed by atoms with Crippen LogP contribution in [0.1, 0.15) is 43.2 Å². The average molecular weight is 538 g/mol. The molecular formula is C26H30F3N3O4S. The molecule has 2 amide bonds. The number of hydrogen-bond acceptors (Lipinski definition) is 4. The number of nitrogens with zero attached hydrogens (tertiary/aromatic N) is 1. The molecule has 2 aromatic carbocycles. The zero-order valence-electron chi connectivity index (χ0n) is 20.2. The lowest BCUT2D eigenvalue weighted by atomic mass is 9.79. The zero-order valence-corrected chi connectivity index (χ0v) is 21.0. The molecule has 1 atom stereocenters. The molecule has 1 saturated carbocycles. The van der Waals surface area contributed by atoms with Crippen LogP contribution in [0.4, 0.5) is 18.9 Å². The van der Waals surface area contributed by atoms with Gasteiger partial charge in [-0.15, -0.1) is 0 Å². The summed E-state index contributed by atoms with van der Waals surface area (Å²) in [6.45, 7) is 0.778. The van der Waals surface area contributed by atoms with Crippen molar-refractivity contribution in [3.63, 3.8) is 0 Å². The van der Waals surface area contributed by atoms with Crippen LogP contribution in [0.3, 0.4) is 0 Å². The van der Waals surface area contributed by atoms with Crippen LogP contribution >= 0.6 is 0 Å². The van der Waals surface area contributed by atoms with Crippen molar-refractivity contribution in [2.75, 3.05) is 11.3 Å². The third-order valence-corrected chi connectivity index (χ3v) is 8.13. The van der Waals surface area contributed by atoms with Gasteiger partial charge in [-0.1, -0.05) is 42.5 Å². The minimum Gasteiger partial charge on any atom is -0.352 e. The Morgan fingerprint density at radius 1 is 0.946 bits per heavy atom. The van der Waals surface area contributed by atoms with E-state index in [1.165, 1.54) is 29.0 Å². The first-order valence-corrected chi connectivity index (χ1v) is 13.8. The molecule has 0 aromatic heterocycles. The van der Waals surface area contributed by atoms with E-state index in [0.717, 1.165) is 37.8 Å². The second-order valence-electron chi connectivity index (χ2n) is 9.80. The summed E-state index contributed by atoms with van der Waals surface area (Å²) in [5.74, 6) is 0.258. The van der Waals surface area contributed by atoms with Gasteiger partial charge < -0.3 is 10.2 Å². The Balaban J connectivity index is 1.38. The number of nitrogens with one attached hydrogen (secondary N) is 2. The van der Waals surface area contributed by atoms with Gasteiger partial charge in [-0.2, -0.15) is 21.6 Å². The van der Waals surface area contributed by atoms with Gasteiger partial charge in [-0.3, -0.25) is 14.3 Å². The van der Waals surface area contributed by atoms with Crippen LogP contribution in [-0.2, 0) is 32.5 Å². The van der Waals surface area contributed by atoms with Crippen molar-refractivity contribution in [3.05, 3.63) is 65.7 Å². The van der Waals surface area contributed by atoms with Crippen molar-refractivity contribution >= 4 is 27.5 Å². The Morgan fingerprint density at radius 3 is 2.16 bits per heavy atom. The van der Waals surface area contributed by atoms with E-state index in [9.17, 15) is 31.2 Å². The van der Waals surface area contributed by atoms with Crippen LogP contribution in [0.2, 0.25) is 0 Å². The van der Waals surface area contributed by atoms with E-state index in [0.29, 0.717) is 17.9 Å². The summed E-state index contributed by atoms with van der Waals surface area (Å²) >= 11 is 0. The number of rotatable bonds is 9. The van der Waals surface area contributed by atoms with Crippen molar-refractivity contribution in [1.82, 2.24) is 10.2 Å². The zero-order chi connectivity index (χ0) is 26.6. The van der Waals surface area contributed by atoms with Gasteiger partial charge in [-0.05, 0) is 61.3 Å². The number of piperidine rings is 2. The number of benzene rings is 2. The summed E-state index contributed by atoms with van der Waals surface area (Å²) in [5, 5.41) is 2.95. The van der Waals surface area contributed by atoms with Crippen LogP contribution in [0.5, 0.6) is 0 Å². The lowest BCUT2D eigenvalue weighted by Crippen LogP contribution is -2.52. The number of fused-ring (bicyclic) bond motifs is 3. The van der Waals surface area contributed by atoms with Crippen LogP contribution in [0.25, 0.3) is 0 Å². The Kier molecular flexibility index (Phi) is 8.11. The van der Waals surface area contributed by atoms with Gasteiger partial charge in [-0.25, -0.2) is 0 Å². The van der Waals surface area contributed by atoms with Crippen LogP contribution in [-0.4, -0.2) is 49.3 Å². The molecule has 11 heteroatoms. The standard InChI is InChI=1S/C26H30F3N3O4S/c27-26(28,29)37(35,36)31-21-10-6-19(7-11-21)15-24(33)30-22(14-18-4-2-1-3-5-18)16-25(34)32-17-20-8-12-23(32)13-9-20/h1-7,10-11,20,22-23,31H,8-9,12-17H2,(H,30,33)/t20?,22-,23?/m0/s1. The highest BCUT2D eigenvalue weighted by atomic mass is 32.2. The van der Waals surface area contributed by atoms with Gasteiger partial charge in [0, 0.05) is 30.7 Å². The summed E-state index contributed by atoms with van der Waals surface area (Å²) in [4.78, 5) is 28.0. The summed E-state index contributed by atoms with van der Waals surface area (Å²) in [6.07, 6.45) is 4.98. The van der Waals surface area contributed by atoms with Crippen LogP contribution in [0, 0.1) is 5.92 Å². The second kappa shape index (κ2) is 11.1. The molecule has 2 N–H and O–H groups in total. The van der Waals surface area contributed by atoms with Crippen molar-refractivity contribution in [3.8, 4) is 0 Å². The molecule has 3 fully saturated rings. The molecule has 2 aromatic rings. The van der Waals surface area contributed by atoms with Gasteiger partial charge in [0.15, 0.2) is 0 Å². The number of carbonyl (C=O) groups excluding carboxylic acids is 2. The van der Waals surface area contributed by atoms with E-state index in [1.54, 1.807) is 0 Å². The molecule has 7 nitrogen and oxygen atoms in total. The third kappa shape index (κ3) is 7.03. The largest absolute Gasteiger partial charge is 0.516 e. The van der Waals surface area contributed by atoms with Crippen LogP contribution < -0.4 is 10.0 Å². The van der Waals surface area contributed by atoms with E-state index in [1.807, 2.05) is 35.2 Å². The van der Waals surface area contributed by atoms with Crippen LogP contribution in [0.15, 0.2) is 54.6 Å². The topological polar surface area (TPSA) is 95.6 Å². The highest BCUT2D eigenvalue weighted by Crippen LogP contribution is 2.35. The molecule has 1 aliphatic carbocycles. The lowest BCUT2D eigenvalue weighted by Gasteiger charge is -2.45. The number of halogens is 3. The summed E-state index contributed by atoms with van der Waals surface area (Å²) in [6, 6.07) is 14.5. The molecule has 2 aliphatic heterocycles. The lowest BCUT2D eigenvalue weighted by molar-refractivity contribution is -0.139. The third-order valence-electron chi connectivity index (χ3n) is 7.02. The fourth-order valence-electron chi connectivity index (χ4n) is 5.14. The van der Waals surface area contributed by atoms with Gasteiger partial charge in [0.1, 0.15) is 0 Å². The van der Waals surface area contributed by atoms with E-state index in [-0.39, 0.29) is 36.4 Å². The van der Waals surface area contributed by atoms with E-state index < -0.39 is 21.6 Å². The number of amides is 2. The van der Waals surface area contributed by atoms with Crippen molar-refractivity contribution in [1.29, 1.82) is 0 Å². The molecule has 5 rings (SSSR count). The number of alkyl halides is 3. The SMILES string of the molecule is O=C(Cc1ccc(NS(=O)(=O)C(F)(F)F)cc1)N[C@H](CC(=O)N1CC2CCC1CC2)Cc1ccccc1. The molecule has 200 valence electrons. The smallest absolute Gasteiger partial charge is 0.352 e. The predicted molar refractivity (Wildman–Crippen MR) is 133 cm³/mol. The van der Waals surface area contributed by atoms with E-state index in [2.05, 4.69) is 5.32 Å². The maximum Gasteiger partial charge on any atom is 0.516 e.